The first-order chi connectivity index (χ1) is 10.1. The van der Waals surface area contributed by atoms with Crippen LogP contribution in [0, 0.1) is 0 Å². The van der Waals surface area contributed by atoms with Crippen molar-refractivity contribution in [2.24, 2.45) is 0 Å². The number of para-hydroxylation sites is 1. The lowest BCUT2D eigenvalue weighted by atomic mass is 10.1. The number of nitrogens with zero attached hydrogens (tertiary/aromatic N) is 1. The van der Waals surface area contributed by atoms with Gasteiger partial charge in [0.25, 0.3) is 0 Å². The number of fused-ring (bicyclic) bond motifs is 1. The molecule has 0 atom stereocenters. The van der Waals surface area contributed by atoms with E-state index in [0.29, 0.717) is 12.1 Å². The Labute approximate surface area is 121 Å². The second-order valence-electron chi connectivity index (χ2n) is 4.96. The number of hydrogen-bond acceptors (Lipinski definition) is 4. The van der Waals surface area contributed by atoms with Gasteiger partial charge in [-0.15, -0.1) is 0 Å². The monoisotopic (exact) mass is 281 g/mol. The first-order valence-corrected chi connectivity index (χ1v) is 6.65. The smallest absolute Gasteiger partial charge is 0.336 e. The van der Waals surface area contributed by atoms with Crippen molar-refractivity contribution < 1.29 is 9.52 Å². The Morgan fingerprint density at radius 1 is 1.10 bits per heavy atom. The molecule has 106 valence electrons. The molecule has 0 aliphatic heterocycles. The predicted molar refractivity (Wildman–Crippen MR) is 82.7 cm³/mol. The van der Waals surface area contributed by atoms with Crippen LogP contribution >= 0.6 is 0 Å². The fourth-order valence-corrected chi connectivity index (χ4v) is 2.38. The maximum absolute atomic E-state index is 11.7. The highest BCUT2D eigenvalue weighted by molar-refractivity contribution is 5.81. The van der Waals surface area contributed by atoms with Crippen LogP contribution in [-0.4, -0.2) is 12.2 Å². The molecular formula is C17H15NO3. The van der Waals surface area contributed by atoms with Crippen LogP contribution < -0.4 is 10.5 Å². The Hall–Kier alpha value is -2.75. The van der Waals surface area contributed by atoms with Gasteiger partial charge in [0.15, 0.2) is 0 Å². The maximum Gasteiger partial charge on any atom is 0.336 e. The van der Waals surface area contributed by atoms with Crippen LogP contribution in [0.1, 0.15) is 5.56 Å². The van der Waals surface area contributed by atoms with Gasteiger partial charge in [0.05, 0.1) is 0 Å². The van der Waals surface area contributed by atoms with Crippen LogP contribution in [0.2, 0.25) is 0 Å². The molecule has 0 radical (unpaired) electrons. The minimum absolute atomic E-state index is 0.0826. The van der Waals surface area contributed by atoms with E-state index < -0.39 is 5.63 Å². The summed E-state index contributed by atoms with van der Waals surface area (Å²) in [6.07, 6.45) is 0. The molecular weight excluding hydrogens is 266 g/mol. The standard InChI is InChI=1S/C17H15NO3/c1-18(13-5-3-2-4-6-13)11-12-9-17(20)21-16-10-14(19)7-8-15(12)16/h2-10,19H,11H2,1H3. The van der Waals surface area contributed by atoms with Gasteiger partial charge in [-0.3, -0.25) is 0 Å². The molecule has 0 unspecified atom stereocenters. The molecule has 21 heavy (non-hydrogen) atoms. The van der Waals surface area contributed by atoms with Gasteiger partial charge >= 0.3 is 5.63 Å². The molecule has 0 aliphatic carbocycles. The van der Waals surface area contributed by atoms with Crippen molar-refractivity contribution in [3.05, 3.63) is 70.6 Å². The van der Waals surface area contributed by atoms with Crippen molar-refractivity contribution in [3.63, 3.8) is 0 Å². The summed E-state index contributed by atoms with van der Waals surface area (Å²) in [5.41, 5.74) is 1.92. The van der Waals surface area contributed by atoms with Crippen LogP contribution in [0.15, 0.2) is 63.8 Å². The van der Waals surface area contributed by atoms with Crippen LogP contribution in [-0.2, 0) is 6.54 Å². The molecule has 1 N–H and O–H groups in total. The van der Waals surface area contributed by atoms with E-state index in [1.54, 1.807) is 12.1 Å². The van der Waals surface area contributed by atoms with Gasteiger partial charge in [-0.25, -0.2) is 4.79 Å². The highest BCUT2D eigenvalue weighted by Crippen LogP contribution is 2.23. The first kappa shape index (κ1) is 13.2. The minimum atomic E-state index is -0.412. The third kappa shape index (κ3) is 2.74. The number of rotatable bonds is 3. The number of phenols is 1. The van der Waals surface area contributed by atoms with Gasteiger partial charge in [-0.2, -0.15) is 0 Å². The fraction of sp³-hybridized carbons (Fsp3) is 0.118. The van der Waals surface area contributed by atoms with Crippen LogP contribution in [0.25, 0.3) is 11.0 Å². The molecule has 0 aliphatic rings. The van der Waals surface area contributed by atoms with Crippen molar-refractivity contribution in [2.75, 3.05) is 11.9 Å². The summed E-state index contributed by atoms with van der Waals surface area (Å²) in [5, 5.41) is 10.3. The lowest BCUT2D eigenvalue weighted by molar-refractivity contribution is 0.473. The van der Waals surface area contributed by atoms with E-state index >= 15 is 0 Å². The van der Waals surface area contributed by atoms with Crippen molar-refractivity contribution in [1.29, 1.82) is 0 Å². The van der Waals surface area contributed by atoms with Gasteiger partial charge < -0.3 is 14.4 Å². The zero-order valence-electron chi connectivity index (χ0n) is 11.6. The zero-order chi connectivity index (χ0) is 14.8. The molecule has 4 heteroatoms. The number of hydrogen-bond donors (Lipinski definition) is 1. The van der Waals surface area contributed by atoms with Crippen LogP contribution in [0.3, 0.4) is 0 Å². The summed E-state index contributed by atoms with van der Waals surface area (Å²) in [7, 11) is 1.97. The first-order valence-electron chi connectivity index (χ1n) is 6.65. The second kappa shape index (κ2) is 5.32. The molecule has 0 bridgehead atoms. The minimum Gasteiger partial charge on any atom is -0.508 e. The number of aromatic hydroxyl groups is 1. The number of phenolic OH excluding ortho intramolecular Hbond substituents is 1. The van der Waals surface area contributed by atoms with Gasteiger partial charge in [0, 0.05) is 36.8 Å². The molecule has 1 heterocycles. The lowest BCUT2D eigenvalue weighted by Gasteiger charge is -2.19. The van der Waals surface area contributed by atoms with Crippen molar-refractivity contribution in [3.8, 4) is 5.75 Å². The maximum atomic E-state index is 11.7. The molecule has 0 spiro atoms. The van der Waals surface area contributed by atoms with E-state index in [-0.39, 0.29) is 5.75 Å². The Morgan fingerprint density at radius 2 is 1.86 bits per heavy atom. The molecule has 1 aromatic heterocycles. The zero-order valence-corrected chi connectivity index (χ0v) is 11.6. The normalized spacial score (nSPS) is 10.7. The Balaban J connectivity index is 2.02. The van der Waals surface area contributed by atoms with Crippen molar-refractivity contribution in [1.82, 2.24) is 0 Å². The summed E-state index contributed by atoms with van der Waals surface area (Å²) in [5.74, 6) is 0.0826. The highest BCUT2D eigenvalue weighted by Gasteiger charge is 2.09. The lowest BCUT2D eigenvalue weighted by Crippen LogP contribution is -2.17. The average molecular weight is 281 g/mol. The largest absolute Gasteiger partial charge is 0.508 e. The van der Waals surface area contributed by atoms with Crippen LogP contribution in [0.4, 0.5) is 5.69 Å². The topological polar surface area (TPSA) is 53.7 Å². The highest BCUT2D eigenvalue weighted by atomic mass is 16.4. The van der Waals surface area contributed by atoms with Gasteiger partial charge in [-0.05, 0) is 29.8 Å². The summed E-state index contributed by atoms with van der Waals surface area (Å²) in [6, 6.07) is 16.3. The molecule has 2 aromatic carbocycles. The van der Waals surface area contributed by atoms with Gasteiger partial charge in [0.1, 0.15) is 11.3 Å². The Morgan fingerprint density at radius 3 is 2.62 bits per heavy atom. The molecule has 3 rings (SSSR count). The van der Waals surface area contributed by atoms with E-state index in [9.17, 15) is 9.90 Å². The molecule has 0 amide bonds. The summed E-state index contributed by atoms with van der Waals surface area (Å²) in [4.78, 5) is 13.7. The third-order valence-corrected chi connectivity index (χ3v) is 3.42. The van der Waals surface area contributed by atoms with Crippen molar-refractivity contribution in [2.45, 2.75) is 6.54 Å². The second-order valence-corrected chi connectivity index (χ2v) is 4.96. The number of benzene rings is 2. The van der Waals surface area contributed by atoms with Crippen LogP contribution in [0.5, 0.6) is 5.75 Å². The van der Waals surface area contributed by atoms with E-state index in [4.69, 9.17) is 4.42 Å². The molecule has 0 fully saturated rings. The van der Waals surface area contributed by atoms with E-state index in [1.807, 2.05) is 37.4 Å². The van der Waals surface area contributed by atoms with Gasteiger partial charge in [0.2, 0.25) is 0 Å². The SMILES string of the molecule is CN(Cc1cc(=O)oc2cc(O)ccc12)c1ccccc1. The van der Waals surface area contributed by atoms with E-state index in [1.165, 1.54) is 12.1 Å². The van der Waals surface area contributed by atoms with Gasteiger partial charge in [-0.1, -0.05) is 18.2 Å². The third-order valence-electron chi connectivity index (χ3n) is 3.42. The summed E-state index contributed by atoms with van der Waals surface area (Å²) < 4.78 is 5.14. The van der Waals surface area contributed by atoms with E-state index in [2.05, 4.69) is 4.90 Å². The Bertz CT molecular complexity index is 824. The quantitative estimate of drug-likeness (QED) is 0.749. The molecule has 0 saturated carbocycles. The van der Waals surface area contributed by atoms with Crippen molar-refractivity contribution >= 4 is 16.7 Å². The van der Waals surface area contributed by atoms with E-state index in [0.717, 1.165) is 16.6 Å². The summed E-state index contributed by atoms with van der Waals surface area (Å²) in [6.45, 7) is 0.580. The summed E-state index contributed by atoms with van der Waals surface area (Å²) >= 11 is 0. The Kier molecular flexibility index (Phi) is 3.36. The predicted octanol–water partition coefficient (Wildman–Crippen LogP) is 3.14. The number of anilines is 1. The average Bonchev–Trinajstić information content (AvgIpc) is 2.47. The molecule has 3 aromatic rings. The molecule has 0 saturated heterocycles. The molecule has 4 nitrogen and oxygen atoms in total. The fourth-order valence-electron chi connectivity index (χ4n) is 2.38.